The average Bonchev–Trinajstić information content (AvgIpc) is 3.19. The second-order valence-corrected chi connectivity index (χ2v) is 9.45. The van der Waals surface area contributed by atoms with E-state index in [0.717, 1.165) is 31.6 Å². The molecule has 28 heavy (non-hydrogen) atoms. The Morgan fingerprint density at radius 2 is 1.86 bits per heavy atom. The van der Waals surface area contributed by atoms with Crippen molar-refractivity contribution in [3.63, 3.8) is 0 Å². The van der Waals surface area contributed by atoms with E-state index in [1.165, 1.54) is 22.7 Å². The van der Waals surface area contributed by atoms with Crippen LogP contribution in [0.3, 0.4) is 0 Å². The van der Waals surface area contributed by atoms with Gasteiger partial charge < -0.3 is 10.2 Å². The molecule has 2 aliphatic heterocycles. The fourth-order valence-electron chi connectivity index (χ4n) is 3.83. The SMILES string of the molecule is CS(=O)(=O)N1CCC(CNC(=O)c2cc([N+](=O)[O-])ccc2N2CCCC2)CC1. The number of hydrogen-bond acceptors (Lipinski definition) is 6. The van der Waals surface area contributed by atoms with Gasteiger partial charge in [-0.05, 0) is 37.7 Å². The molecule has 2 aliphatic rings. The fourth-order valence-corrected chi connectivity index (χ4v) is 4.70. The smallest absolute Gasteiger partial charge is 0.270 e. The minimum absolute atomic E-state index is 0.102. The molecular weight excluding hydrogens is 384 g/mol. The summed E-state index contributed by atoms with van der Waals surface area (Å²) in [6.07, 6.45) is 4.65. The highest BCUT2D eigenvalue weighted by molar-refractivity contribution is 7.88. The molecule has 1 N–H and O–H groups in total. The summed E-state index contributed by atoms with van der Waals surface area (Å²) in [6.45, 7) is 3.01. The quantitative estimate of drug-likeness (QED) is 0.563. The Balaban J connectivity index is 1.66. The van der Waals surface area contributed by atoms with E-state index < -0.39 is 14.9 Å². The number of nitrogens with one attached hydrogen (secondary N) is 1. The molecule has 3 rings (SSSR count). The predicted molar refractivity (Wildman–Crippen MR) is 106 cm³/mol. The van der Waals surface area contributed by atoms with Gasteiger partial charge in [-0.1, -0.05) is 0 Å². The van der Waals surface area contributed by atoms with Gasteiger partial charge in [0.05, 0.1) is 22.4 Å². The Morgan fingerprint density at radius 3 is 2.43 bits per heavy atom. The van der Waals surface area contributed by atoms with Crippen molar-refractivity contribution in [2.24, 2.45) is 5.92 Å². The third kappa shape index (κ3) is 4.79. The molecule has 0 aliphatic carbocycles. The van der Waals surface area contributed by atoms with Crippen LogP contribution in [-0.4, -0.2) is 62.5 Å². The maximum Gasteiger partial charge on any atom is 0.270 e. The molecule has 0 bridgehead atoms. The maximum absolute atomic E-state index is 12.8. The lowest BCUT2D eigenvalue weighted by atomic mass is 9.98. The van der Waals surface area contributed by atoms with Crippen LogP contribution >= 0.6 is 0 Å². The van der Waals surface area contributed by atoms with Gasteiger partial charge in [-0.25, -0.2) is 12.7 Å². The third-order valence-electron chi connectivity index (χ3n) is 5.48. The molecule has 2 heterocycles. The Hall–Kier alpha value is -2.20. The van der Waals surface area contributed by atoms with Gasteiger partial charge in [-0.3, -0.25) is 14.9 Å². The largest absolute Gasteiger partial charge is 0.371 e. The number of piperidine rings is 1. The first-order valence-corrected chi connectivity index (χ1v) is 11.4. The van der Waals surface area contributed by atoms with Crippen LogP contribution in [0.1, 0.15) is 36.0 Å². The van der Waals surface area contributed by atoms with Crippen LogP contribution in [0.4, 0.5) is 11.4 Å². The first kappa shape index (κ1) is 20.5. The number of carbonyl (C=O) groups excluding carboxylic acids is 1. The van der Waals surface area contributed by atoms with E-state index in [4.69, 9.17) is 0 Å². The van der Waals surface area contributed by atoms with E-state index in [1.54, 1.807) is 6.07 Å². The number of non-ortho nitro benzene ring substituents is 1. The Kier molecular flexibility index (Phi) is 6.19. The van der Waals surface area contributed by atoms with E-state index in [-0.39, 0.29) is 17.5 Å². The summed E-state index contributed by atoms with van der Waals surface area (Å²) in [4.78, 5) is 25.5. The normalized spacial score (nSPS) is 19.0. The molecule has 1 aromatic carbocycles. The zero-order chi connectivity index (χ0) is 20.3. The van der Waals surface area contributed by atoms with Crippen molar-refractivity contribution < 1.29 is 18.1 Å². The molecule has 0 saturated carbocycles. The van der Waals surface area contributed by atoms with Gasteiger partial charge in [0, 0.05) is 44.9 Å². The average molecular weight is 410 g/mol. The van der Waals surface area contributed by atoms with E-state index in [2.05, 4.69) is 10.2 Å². The lowest BCUT2D eigenvalue weighted by Crippen LogP contribution is -2.41. The van der Waals surface area contributed by atoms with Gasteiger partial charge in [-0.15, -0.1) is 0 Å². The van der Waals surface area contributed by atoms with E-state index in [0.29, 0.717) is 38.0 Å². The second-order valence-electron chi connectivity index (χ2n) is 7.47. The van der Waals surface area contributed by atoms with Crippen LogP contribution in [0.15, 0.2) is 18.2 Å². The summed E-state index contributed by atoms with van der Waals surface area (Å²) in [5.41, 5.74) is 0.951. The number of sulfonamides is 1. The standard InChI is InChI=1S/C18H26N4O5S/c1-28(26,27)21-10-6-14(7-11-21)13-19-18(23)16-12-15(22(24)25)4-5-17(16)20-8-2-3-9-20/h4-5,12,14H,2-3,6-11,13H2,1H3,(H,19,23). The van der Waals surface area contributed by atoms with Crippen molar-refractivity contribution in [1.29, 1.82) is 0 Å². The Labute approximate surface area is 164 Å². The van der Waals surface area contributed by atoms with Crippen molar-refractivity contribution in [2.75, 3.05) is 43.9 Å². The topological polar surface area (TPSA) is 113 Å². The zero-order valence-corrected chi connectivity index (χ0v) is 16.8. The lowest BCUT2D eigenvalue weighted by molar-refractivity contribution is -0.384. The molecule has 10 heteroatoms. The highest BCUT2D eigenvalue weighted by atomic mass is 32.2. The minimum Gasteiger partial charge on any atom is -0.371 e. The van der Waals surface area contributed by atoms with E-state index in [9.17, 15) is 23.3 Å². The summed E-state index contributed by atoms with van der Waals surface area (Å²) >= 11 is 0. The number of anilines is 1. The highest BCUT2D eigenvalue weighted by Gasteiger charge is 2.26. The Morgan fingerprint density at radius 1 is 1.21 bits per heavy atom. The van der Waals surface area contributed by atoms with E-state index in [1.807, 2.05) is 0 Å². The van der Waals surface area contributed by atoms with E-state index >= 15 is 0 Å². The number of nitro groups is 1. The summed E-state index contributed by atoms with van der Waals surface area (Å²) in [7, 11) is -3.17. The molecule has 1 amide bonds. The second kappa shape index (κ2) is 8.44. The molecule has 1 aromatic rings. The molecule has 0 atom stereocenters. The van der Waals surface area contributed by atoms with Crippen LogP contribution in [0.5, 0.6) is 0 Å². The first-order valence-electron chi connectivity index (χ1n) is 9.52. The Bertz CT molecular complexity index is 844. The van der Waals surface area contributed by atoms with Gasteiger partial charge in [0.2, 0.25) is 10.0 Å². The fraction of sp³-hybridized carbons (Fsp3) is 0.611. The lowest BCUT2D eigenvalue weighted by Gasteiger charge is -2.30. The first-order chi connectivity index (χ1) is 13.3. The summed E-state index contributed by atoms with van der Waals surface area (Å²) < 4.78 is 24.6. The number of hydrogen-bond donors (Lipinski definition) is 1. The van der Waals surface area contributed by atoms with Gasteiger partial charge in [0.25, 0.3) is 11.6 Å². The molecule has 2 saturated heterocycles. The number of carbonyl (C=O) groups is 1. The maximum atomic E-state index is 12.8. The number of amides is 1. The van der Waals surface area contributed by atoms with Crippen LogP contribution in [0, 0.1) is 16.0 Å². The molecule has 0 aromatic heterocycles. The van der Waals surface area contributed by atoms with Crippen molar-refractivity contribution >= 4 is 27.3 Å². The minimum atomic E-state index is -3.17. The third-order valence-corrected chi connectivity index (χ3v) is 6.78. The monoisotopic (exact) mass is 410 g/mol. The van der Waals surface area contributed by atoms with Crippen molar-refractivity contribution in [3.05, 3.63) is 33.9 Å². The van der Waals surface area contributed by atoms with Crippen LogP contribution in [0.2, 0.25) is 0 Å². The number of rotatable bonds is 6. The van der Waals surface area contributed by atoms with Gasteiger partial charge in [0.15, 0.2) is 0 Å². The van der Waals surface area contributed by atoms with Gasteiger partial charge in [0.1, 0.15) is 0 Å². The number of benzene rings is 1. The molecule has 0 spiro atoms. The number of nitrogens with zero attached hydrogens (tertiary/aromatic N) is 3. The molecule has 154 valence electrons. The molecule has 9 nitrogen and oxygen atoms in total. The van der Waals surface area contributed by atoms with Crippen molar-refractivity contribution in [2.45, 2.75) is 25.7 Å². The molecule has 2 fully saturated rings. The predicted octanol–water partition coefficient (Wildman–Crippen LogP) is 1.60. The van der Waals surface area contributed by atoms with Crippen LogP contribution < -0.4 is 10.2 Å². The van der Waals surface area contributed by atoms with Crippen LogP contribution in [0.25, 0.3) is 0 Å². The van der Waals surface area contributed by atoms with Gasteiger partial charge in [-0.2, -0.15) is 0 Å². The zero-order valence-electron chi connectivity index (χ0n) is 16.0. The van der Waals surface area contributed by atoms with Crippen LogP contribution in [-0.2, 0) is 10.0 Å². The summed E-state index contributed by atoms with van der Waals surface area (Å²) in [5.74, 6) is -0.132. The summed E-state index contributed by atoms with van der Waals surface area (Å²) in [5, 5.41) is 14.0. The van der Waals surface area contributed by atoms with Crippen molar-refractivity contribution in [3.8, 4) is 0 Å². The molecule has 0 radical (unpaired) electrons. The molecule has 0 unspecified atom stereocenters. The highest BCUT2D eigenvalue weighted by Crippen LogP contribution is 2.28. The summed E-state index contributed by atoms with van der Waals surface area (Å²) in [6, 6.07) is 4.43. The molecular formula is C18H26N4O5S. The number of nitro benzene ring substituents is 1. The van der Waals surface area contributed by atoms with Crippen molar-refractivity contribution in [1.82, 2.24) is 9.62 Å². The van der Waals surface area contributed by atoms with Gasteiger partial charge >= 0.3 is 0 Å².